The van der Waals surface area contributed by atoms with Crippen molar-refractivity contribution >= 4 is 28.3 Å². The van der Waals surface area contributed by atoms with Crippen LogP contribution in [0.1, 0.15) is 34.8 Å². The van der Waals surface area contributed by atoms with Gasteiger partial charge in [0.2, 0.25) is 5.91 Å². The number of thiazole rings is 1. The molecule has 2 aromatic heterocycles. The Hall–Kier alpha value is -3.33. The van der Waals surface area contributed by atoms with E-state index >= 15 is 0 Å². The Bertz CT molecular complexity index is 984. The van der Waals surface area contributed by atoms with E-state index in [0.717, 1.165) is 5.56 Å². The standard InChI is InChI=1S/C20H21N3O5S/c1-12(15-10-14(26-2)6-7-16(15)27-3)21-18(24)9-13-11-29-20(22-13)23-19(25)17-5-4-8-28-17/h4-8,10-12H,9H2,1-3H3,(H,21,24)(H,22,23,25). The predicted octanol–water partition coefficient (Wildman–Crippen LogP) is 3.43. The molecule has 29 heavy (non-hydrogen) atoms. The molecule has 2 heterocycles. The molecule has 3 rings (SSSR count). The molecule has 1 atom stereocenters. The predicted molar refractivity (Wildman–Crippen MR) is 109 cm³/mol. The second kappa shape index (κ2) is 9.24. The lowest BCUT2D eigenvalue weighted by atomic mass is 10.1. The molecular weight excluding hydrogens is 394 g/mol. The summed E-state index contributed by atoms with van der Waals surface area (Å²) in [6.07, 6.45) is 1.51. The first-order valence-electron chi connectivity index (χ1n) is 8.80. The van der Waals surface area contributed by atoms with Gasteiger partial charge in [-0.1, -0.05) is 0 Å². The summed E-state index contributed by atoms with van der Waals surface area (Å²) in [4.78, 5) is 28.7. The molecule has 2 N–H and O–H groups in total. The fourth-order valence-electron chi connectivity index (χ4n) is 2.72. The summed E-state index contributed by atoms with van der Waals surface area (Å²) < 4.78 is 15.7. The maximum atomic E-state index is 12.4. The molecule has 0 aliphatic heterocycles. The maximum absolute atomic E-state index is 12.4. The van der Waals surface area contributed by atoms with Gasteiger partial charge in [0.15, 0.2) is 10.9 Å². The van der Waals surface area contributed by atoms with Gasteiger partial charge in [-0.3, -0.25) is 14.9 Å². The summed E-state index contributed by atoms with van der Waals surface area (Å²) in [5.41, 5.74) is 1.37. The molecule has 0 bridgehead atoms. The number of anilines is 1. The Kier molecular flexibility index (Phi) is 6.50. The molecule has 0 saturated heterocycles. The van der Waals surface area contributed by atoms with E-state index in [1.807, 2.05) is 13.0 Å². The molecule has 0 aliphatic carbocycles. The molecular formula is C20H21N3O5S. The highest BCUT2D eigenvalue weighted by molar-refractivity contribution is 7.14. The number of ether oxygens (including phenoxy) is 2. The SMILES string of the molecule is COc1ccc(OC)c(C(C)NC(=O)Cc2csc(NC(=O)c3ccco3)n2)c1. The van der Waals surface area contributed by atoms with Gasteiger partial charge in [0.25, 0.3) is 5.91 Å². The molecule has 0 spiro atoms. The lowest BCUT2D eigenvalue weighted by Crippen LogP contribution is -2.28. The van der Waals surface area contributed by atoms with Crippen LogP contribution in [-0.2, 0) is 11.2 Å². The molecule has 0 radical (unpaired) electrons. The van der Waals surface area contributed by atoms with Crippen LogP contribution in [0.3, 0.4) is 0 Å². The Morgan fingerprint density at radius 3 is 2.76 bits per heavy atom. The minimum Gasteiger partial charge on any atom is -0.497 e. The van der Waals surface area contributed by atoms with Crippen LogP contribution < -0.4 is 20.1 Å². The molecule has 0 saturated carbocycles. The van der Waals surface area contributed by atoms with Crippen molar-refractivity contribution in [2.24, 2.45) is 0 Å². The Balaban J connectivity index is 1.60. The number of hydrogen-bond donors (Lipinski definition) is 2. The lowest BCUT2D eigenvalue weighted by molar-refractivity contribution is -0.121. The fourth-order valence-corrected chi connectivity index (χ4v) is 3.43. The molecule has 152 valence electrons. The summed E-state index contributed by atoms with van der Waals surface area (Å²) in [5, 5.41) is 7.71. The van der Waals surface area contributed by atoms with Crippen molar-refractivity contribution < 1.29 is 23.5 Å². The van der Waals surface area contributed by atoms with Crippen LogP contribution in [0.5, 0.6) is 11.5 Å². The van der Waals surface area contributed by atoms with E-state index in [2.05, 4.69) is 15.6 Å². The van der Waals surface area contributed by atoms with Gasteiger partial charge in [0.1, 0.15) is 11.5 Å². The van der Waals surface area contributed by atoms with Crippen molar-refractivity contribution in [1.29, 1.82) is 0 Å². The number of methoxy groups -OCH3 is 2. The van der Waals surface area contributed by atoms with E-state index in [-0.39, 0.29) is 30.0 Å². The number of hydrogen-bond acceptors (Lipinski definition) is 7. The average Bonchev–Trinajstić information content (AvgIpc) is 3.39. The molecule has 0 aliphatic rings. The van der Waals surface area contributed by atoms with Crippen LogP contribution in [-0.4, -0.2) is 31.0 Å². The van der Waals surface area contributed by atoms with Crippen LogP contribution in [0.15, 0.2) is 46.4 Å². The minimum absolute atomic E-state index is 0.0871. The van der Waals surface area contributed by atoms with E-state index in [1.165, 1.54) is 17.6 Å². The number of benzene rings is 1. The number of furan rings is 1. The normalized spacial score (nSPS) is 11.6. The minimum atomic E-state index is -0.390. The molecule has 0 fully saturated rings. The van der Waals surface area contributed by atoms with Gasteiger partial charge in [-0.05, 0) is 37.3 Å². The number of carbonyl (C=O) groups excluding carboxylic acids is 2. The summed E-state index contributed by atoms with van der Waals surface area (Å²) in [7, 11) is 3.16. The van der Waals surface area contributed by atoms with Crippen molar-refractivity contribution in [3.8, 4) is 11.5 Å². The topological polar surface area (TPSA) is 103 Å². The van der Waals surface area contributed by atoms with Crippen LogP contribution >= 0.6 is 11.3 Å². The quantitative estimate of drug-likeness (QED) is 0.584. The molecule has 2 amide bonds. The van der Waals surface area contributed by atoms with Crippen molar-refractivity contribution in [2.75, 3.05) is 19.5 Å². The molecule has 1 aromatic carbocycles. The zero-order valence-electron chi connectivity index (χ0n) is 16.2. The second-order valence-electron chi connectivity index (χ2n) is 6.15. The van der Waals surface area contributed by atoms with E-state index in [4.69, 9.17) is 13.9 Å². The van der Waals surface area contributed by atoms with Gasteiger partial charge in [-0.25, -0.2) is 4.98 Å². The highest BCUT2D eigenvalue weighted by atomic mass is 32.1. The number of carbonyl (C=O) groups is 2. The van der Waals surface area contributed by atoms with Crippen LogP contribution in [0.4, 0.5) is 5.13 Å². The first kappa shape index (κ1) is 20.4. The summed E-state index contributed by atoms with van der Waals surface area (Å²) in [6, 6.07) is 8.32. The van der Waals surface area contributed by atoms with E-state index in [0.29, 0.717) is 22.3 Å². The highest BCUT2D eigenvalue weighted by Crippen LogP contribution is 2.29. The molecule has 3 aromatic rings. The first-order chi connectivity index (χ1) is 14.0. The van der Waals surface area contributed by atoms with Crippen LogP contribution in [0.2, 0.25) is 0 Å². The van der Waals surface area contributed by atoms with Gasteiger partial charge >= 0.3 is 0 Å². The summed E-state index contributed by atoms with van der Waals surface area (Å²) >= 11 is 1.24. The zero-order valence-corrected chi connectivity index (χ0v) is 17.0. The van der Waals surface area contributed by atoms with Gasteiger partial charge in [-0.2, -0.15) is 0 Å². The third-order valence-electron chi connectivity index (χ3n) is 4.14. The Morgan fingerprint density at radius 1 is 1.24 bits per heavy atom. The highest BCUT2D eigenvalue weighted by Gasteiger charge is 2.17. The third kappa shape index (κ3) is 5.14. The largest absolute Gasteiger partial charge is 0.497 e. The van der Waals surface area contributed by atoms with Gasteiger partial charge in [0, 0.05) is 10.9 Å². The van der Waals surface area contributed by atoms with E-state index < -0.39 is 0 Å². The lowest BCUT2D eigenvalue weighted by Gasteiger charge is -2.18. The number of rotatable bonds is 8. The van der Waals surface area contributed by atoms with Gasteiger partial charge < -0.3 is 19.2 Å². The molecule has 8 nitrogen and oxygen atoms in total. The van der Waals surface area contributed by atoms with E-state index in [1.54, 1.807) is 43.9 Å². The number of nitrogens with one attached hydrogen (secondary N) is 2. The van der Waals surface area contributed by atoms with Crippen molar-refractivity contribution in [2.45, 2.75) is 19.4 Å². The molecule has 1 unspecified atom stereocenters. The summed E-state index contributed by atoms with van der Waals surface area (Å²) in [6.45, 7) is 1.87. The zero-order chi connectivity index (χ0) is 20.8. The second-order valence-corrected chi connectivity index (χ2v) is 7.01. The van der Waals surface area contributed by atoms with Gasteiger partial charge in [0.05, 0.1) is 38.6 Å². The number of amides is 2. The average molecular weight is 415 g/mol. The fraction of sp³-hybridized carbons (Fsp3) is 0.250. The van der Waals surface area contributed by atoms with Crippen LogP contribution in [0.25, 0.3) is 0 Å². The van der Waals surface area contributed by atoms with Crippen molar-refractivity contribution in [3.05, 3.63) is 59.0 Å². The maximum Gasteiger partial charge on any atom is 0.293 e. The molecule has 9 heteroatoms. The third-order valence-corrected chi connectivity index (χ3v) is 4.95. The Morgan fingerprint density at radius 2 is 2.07 bits per heavy atom. The summed E-state index contributed by atoms with van der Waals surface area (Å²) in [5.74, 6) is 0.949. The number of nitrogens with zero attached hydrogens (tertiary/aromatic N) is 1. The van der Waals surface area contributed by atoms with Crippen molar-refractivity contribution in [1.82, 2.24) is 10.3 Å². The first-order valence-corrected chi connectivity index (χ1v) is 9.68. The van der Waals surface area contributed by atoms with Crippen LogP contribution in [0, 0.1) is 0 Å². The van der Waals surface area contributed by atoms with Crippen molar-refractivity contribution in [3.63, 3.8) is 0 Å². The Labute approximate surface area is 171 Å². The van der Waals surface area contributed by atoms with Gasteiger partial charge in [-0.15, -0.1) is 11.3 Å². The van der Waals surface area contributed by atoms with E-state index in [9.17, 15) is 9.59 Å². The number of aromatic nitrogens is 1. The smallest absolute Gasteiger partial charge is 0.293 e. The monoisotopic (exact) mass is 415 g/mol.